The Labute approximate surface area is 171 Å². The number of nitrogens with one attached hydrogen (secondary N) is 1. The Morgan fingerprint density at radius 2 is 2.00 bits per heavy atom. The first-order chi connectivity index (χ1) is 14.3. The summed E-state index contributed by atoms with van der Waals surface area (Å²) in [5.41, 5.74) is 6.89. The molecule has 158 valence electrons. The number of methoxy groups -OCH3 is 1. The average Bonchev–Trinajstić information content (AvgIpc) is 3.09. The second-order valence-electron chi connectivity index (χ2n) is 6.70. The fourth-order valence-corrected chi connectivity index (χ4v) is 3.34. The van der Waals surface area contributed by atoms with Crippen LogP contribution >= 0.6 is 0 Å². The summed E-state index contributed by atoms with van der Waals surface area (Å²) in [6.07, 6.45) is -2.03. The predicted octanol–water partition coefficient (Wildman–Crippen LogP) is 4.11. The summed E-state index contributed by atoms with van der Waals surface area (Å²) in [7, 11) is 1.48. The molecule has 1 aliphatic heterocycles. The van der Waals surface area contributed by atoms with Crippen LogP contribution in [0.3, 0.4) is 0 Å². The molecule has 0 unspecified atom stereocenters. The first-order valence-electron chi connectivity index (χ1n) is 9.12. The first-order valence-corrected chi connectivity index (χ1v) is 9.12. The lowest BCUT2D eigenvalue weighted by Crippen LogP contribution is -2.31. The topological polar surface area (TPSA) is 82.7 Å². The molecule has 1 saturated heterocycles. The Kier molecular flexibility index (Phi) is 6.00. The number of urea groups is 1. The van der Waals surface area contributed by atoms with Crippen molar-refractivity contribution in [2.45, 2.75) is 12.7 Å². The number of anilines is 1. The molecule has 2 aromatic carbocycles. The summed E-state index contributed by atoms with van der Waals surface area (Å²) in [6, 6.07) is 9.78. The molecule has 2 amide bonds. The number of ether oxygens (including phenoxy) is 1. The number of allylic oxidation sites excluding steroid dienone is 1. The van der Waals surface area contributed by atoms with Gasteiger partial charge >= 0.3 is 12.2 Å². The van der Waals surface area contributed by atoms with Crippen molar-refractivity contribution in [3.63, 3.8) is 0 Å². The van der Waals surface area contributed by atoms with E-state index in [1.54, 1.807) is 24.3 Å². The van der Waals surface area contributed by atoms with Gasteiger partial charge in [-0.05, 0) is 29.8 Å². The lowest BCUT2D eigenvalue weighted by Gasteiger charge is -2.20. The van der Waals surface area contributed by atoms with Crippen LogP contribution in [0.4, 0.5) is 23.7 Å². The highest BCUT2D eigenvalue weighted by Crippen LogP contribution is 2.32. The highest BCUT2D eigenvalue weighted by atomic mass is 19.4. The number of nitrogens with two attached hydrogens (primary N) is 1. The van der Waals surface area contributed by atoms with Crippen LogP contribution in [0.5, 0.6) is 5.75 Å². The van der Waals surface area contributed by atoms with Gasteiger partial charge in [0.25, 0.3) is 0 Å². The van der Waals surface area contributed by atoms with Gasteiger partial charge in [0.15, 0.2) is 0 Å². The molecular weight excluding hydrogens is 397 g/mol. The average molecular weight is 418 g/mol. The van der Waals surface area contributed by atoms with Crippen LogP contribution in [0.2, 0.25) is 0 Å². The van der Waals surface area contributed by atoms with E-state index < -0.39 is 11.7 Å². The normalized spacial score (nSPS) is 14.9. The predicted molar refractivity (Wildman–Crippen MR) is 109 cm³/mol. The SMILES string of the molecule is COc1cc(N2CCN(Cc3cccc(C(F)(F)F)c3)C2=O)ccc1/C(C=N)=C/N. The number of halogens is 3. The number of alkyl halides is 3. The van der Waals surface area contributed by atoms with Crippen molar-refractivity contribution in [1.82, 2.24) is 4.90 Å². The van der Waals surface area contributed by atoms with Crippen molar-refractivity contribution in [2.24, 2.45) is 5.73 Å². The van der Waals surface area contributed by atoms with Gasteiger partial charge in [-0.1, -0.05) is 12.1 Å². The van der Waals surface area contributed by atoms with Crippen LogP contribution in [0, 0.1) is 5.41 Å². The lowest BCUT2D eigenvalue weighted by molar-refractivity contribution is -0.137. The summed E-state index contributed by atoms with van der Waals surface area (Å²) in [5.74, 6) is 0.455. The zero-order valence-corrected chi connectivity index (χ0v) is 16.2. The van der Waals surface area contributed by atoms with Gasteiger partial charge in [0.1, 0.15) is 5.75 Å². The molecule has 0 atom stereocenters. The van der Waals surface area contributed by atoms with Crippen LogP contribution < -0.4 is 15.4 Å². The zero-order valence-electron chi connectivity index (χ0n) is 16.2. The van der Waals surface area contributed by atoms with E-state index in [1.165, 1.54) is 29.2 Å². The zero-order chi connectivity index (χ0) is 21.9. The monoisotopic (exact) mass is 418 g/mol. The molecule has 3 rings (SSSR count). The van der Waals surface area contributed by atoms with E-state index in [0.29, 0.717) is 41.2 Å². The van der Waals surface area contributed by atoms with Crippen molar-refractivity contribution in [3.05, 3.63) is 65.4 Å². The molecule has 0 aliphatic carbocycles. The minimum absolute atomic E-state index is 0.0856. The quantitative estimate of drug-likeness (QED) is 0.693. The van der Waals surface area contributed by atoms with Gasteiger partial charge < -0.3 is 20.8 Å². The van der Waals surface area contributed by atoms with Crippen molar-refractivity contribution >= 4 is 23.5 Å². The van der Waals surface area contributed by atoms with Crippen LogP contribution in [0.25, 0.3) is 5.57 Å². The van der Waals surface area contributed by atoms with E-state index in [9.17, 15) is 18.0 Å². The Hall–Kier alpha value is -3.49. The van der Waals surface area contributed by atoms with Gasteiger partial charge in [0, 0.05) is 54.9 Å². The molecule has 6 nitrogen and oxygen atoms in total. The highest BCUT2D eigenvalue weighted by molar-refractivity contribution is 6.09. The van der Waals surface area contributed by atoms with Gasteiger partial charge in [-0.3, -0.25) is 4.90 Å². The van der Waals surface area contributed by atoms with Crippen molar-refractivity contribution in [3.8, 4) is 5.75 Å². The minimum Gasteiger partial charge on any atom is -0.496 e. The number of benzene rings is 2. The third kappa shape index (κ3) is 4.24. The maximum Gasteiger partial charge on any atom is 0.416 e. The number of hydrogen-bond acceptors (Lipinski definition) is 4. The molecule has 0 radical (unpaired) electrons. The van der Waals surface area contributed by atoms with E-state index in [1.807, 2.05) is 0 Å². The molecule has 0 spiro atoms. The smallest absolute Gasteiger partial charge is 0.416 e. The minimum atomic E-state index is -4.43. The summed E-state index contributed by atoms with van der Waals surface area (Å²) in [6.45, 7) is 0.861. The Bertz CT molecular complexity index is 988. The summed E-state index contributed by atoms with van der Waals surface area (Å²) in [5, 5.41) is 7.44. The van der Waals surface area contributed by atoms with E-state index in [-0.39, 0.29) is 12.6 Å². The summed E-state index contributed by atoms with van der Waals surface area (Å²) in [4.78, 5) is 15.9. The first kappa shape index (κ1) is 21.2. The number of hydrogen-bond donors (Lipinski definition) is 2. The molecule has 0 saturated carbocycles. The Morgan fingerprint density at radius 3 is 2.63 bits per heavy atom. The van der Waals surface area contributed by atoms with Gasteiger partial charge in [-0.25, -0.2) is 4.79 Å². The second-order valence-corrected chi connectivity index (χ2v) is 6.70. The van der Waals surface area contributed by atoms with Crippen LogP contribution in [0.1, 0.15) is 16.7 Å². The number of nitrogens with zero attached hydrogens (tertiary/aromatic N) is 2. The molecule has 9 heteroatoms. The maximum atomic E-state index is 12.9. The van der Waals surface area contributed by atoms with Crippen LogP contribution in [-0.2, 0) is 12.7 Å². The third-order valence-corrected chi connectivity index (χ3v) is 4.87. The van der Waals surface area contributed by atoms with Crippen molar-refractivity contribution in [1.29, 1.82) is 5.41 Å². The van der Waals surface area contributed by atoms with Gasteiger partial charge in [0.05, 0.1) is 12.7 Å². The second kappa shape index (κ2) is 8.48. The third-order valence-electron chi connectivity index (χ3n) is 4.87. The number of amides is 2. The number of carbonyl (C=O) groups excluding carboxylic acids is 1. The maximum absolute atomic E-state index is 12.9. The van der Waals surface area contributed by atoms with Crippen LogP contribution in [0.15, 0.2) is 48.7 Å². The molecule has 2 aromatic rings. The summed E-state index contributed by atoms with van der Waals surface area (Å²) >= 11 is 0. The Morgan fingerprint density at radius 1 is 1.23 bits per heavy atom. The van der Waals surface area contributed by atoms with E-state index >= 15 is 0 Å². The van der Waals surface area contributed by atoms with Gasteiger partial charge in [0.2, 0.25) is 0 Å². The molecule has 3 N–H and O–H groups in total. The molecule has 1 aliphatic rings. The van der Waals surface area contributed by atoms with E-state index in [2.05, 4.69) is 0 Å². The lowest BCUT2D eigenvalue weighted by atomic mass is 10.1. The molecule has 1 heterocycles. The van der Waals surface area contributed by atoms with E-state index in [0.717, 1.165) is 18.3 Å². The highest BCUT2D eigenvalue weighted by Gasteiger charge is 2.32. The molecule has 0 aromatic heterocycles. The largest absolute Gasteiger partial charge is 0.496 e. The molecule has 0 bridgehead atoms. The fraction of sp³-hybridized carbons (Fsp3) is 0.238. The molecular formula is C21H21F3N4O2. The molecule has 1 fully saturated rings. The number of carbonyl (C=O) groups is 1. The summed E-state index contributed by atoms with van der Waals surface area (Å²) < 4.78 is 44.2. The Balaban J connectivity index is 1.80. The molecule has 30 heavy (non-hydrogen) atoms. The van der Waals surface area contributed by atoms with Crippen molar-refractivity contribution < 1.29 is 22.7 Å². The fourth-order valence-electron chi connectivity index (χ4n) is 3.34. The van der Waals surface area contributed by atoms with E-state index in [4.69, 9.17) is 15.9 Å². The number of rotatable bonds is 6. The standard InChI is InChI=1S/C21H21F3N4O2/c1-30-19-10-17(5-6-18(19)15(11-25)12-26)28-8-7-27(20(28)29)13-14-3-2-4-16(9-14)21(22,23)24/h2-6,9-12,25H,7-8,13,26H2,1H3/b15-12+,25-11?. The van der Waals surface area contributed by atoms with Gasteiger partial charge in [-0.15, -0.1) is 0 Å². The van der Waals surface area contributed by atoms with Gasteiger partial charge in [-0.2, -0.15) is 13.2 Å². The van der Waals surface area contributed by atoms with Crippen molar-refractivity contribution in [2.75, 3.05) is 25.1 Å². The van der Waals surface area contributed by atoms with Crippen LogP contribution in [-0.4, -0.2) is 37.3 Å².